The van der Waals surface area contributed by atoms with Crippen LogP contribution in [0.3, 0.4) is 0 Å². The minimum Gasteiger partial charge on any atom is -0.340 e. The van der Waals surface area contributed by atoms with Gasteiger partial charge in [-0.3, -0.25) is 9.69 Å². The summed E-state index contributed by atoms with van der Waals surface area (Å²) in [6.07, 6.45) is 8.26. The van der Waals surface area contributed by atoms with Crippen LogP contribution >= 0.6 is 0 Å². The Morgan fingerprint density at radius 3 is 2.50 bits per heavy atom. The molecular formula is C16H31N3O. The molecule has 116 valence electrons. The summed E-state index contributed by atoms with van der Waals surface area (Å²) >= 11 is 0. The highest BCUT2D eigenvalue weighted by Gasteiger charge is 2.33. The molecule has 1 saturated heterocycles. The van der Waals surface area contributed by atoms with Crippen LogP contribution in [0.25, 0.3) is 0 Å². The highest BCUT2D eigenvalue weighted by atomic mass is 16.2. The van der Waals surface area contributed by atoms with Crippen molar-refractivity contribution in [3.8, 4) is 0 Å². The Kier molecular flexibility index (Phi) is 5.44. The van der Waals surface area contributed by atoms with E-state index >= 15 is 0 Å². The van der Waals surface area contributed by atoms with Crippen LogP contribution in [0, 0.1) is 0 Å². The summed E-state index contributed by atoms with van der Waals surface area (Å²) in [5.41, 5.74) is 5.52. The Balaban J connectivity index is 1.90. The van der Waals surface area contributed by atoms with Gasteiger partial charge in [0, 0.05) is 32.2 Å². The van der Waals surface area contributed by atoms with Crippen molar-refractivity contribution in [3.63, 3.8) is 0 Å². The first-order chi connectivity index (χ1) is 9.54. The fourth-order valence-electron chi connectivity index (χ4n) is 3.76. The lowest BCUT2D eigenvalue weighted by atomic mass is 9.95. The van der Waals surface area contributed by atoms with E-state index in [4.69, 9.17) is 5.73 Å². The van der Waals surface area contributed by atoms with Crippen molar-refractivity contribution in [3.05, 3.63) is 0 Å². The molecule has 1 amide bonds. The molecule has 1 atom stereocenters. The molecular weight excluding hydrogens is 250 g/mol. The first kappa shape index (κ1) is 15.8. The Labute approximate surface area is 123 Å². The zero-order valence-corrected chi connectivity index (χ0v) is 13.2. The molecule has 4 heteroatoms. The molecule has 1 unspecified atom stereocenters. The molecule has 0 aromatic rings. The number of carbonyl (C=O) groups is 1. The molecule has 0 aromatic heterocycles. The van der Waals surface area contributed by atoms with Crippen LogP contribution in [0.1, 0.15) is 58.8 Å². The molecule has 20 heavy (non-hydrogen) atoms. The average Bonchev–Trinajstić information content (AvgIpc) is 2.83. The molecule has 2 N–H and O–H groups in total. The Morgan fingerprint density at radius 1 is 1.15 bits per heavy atom. The predicted molar refractivity (Wildman–Crippen MR) is 82.5 cm³/mol. The summed E-state index contributed by atoms with van der Waals surface area (Å²) < 4.78 is 0. The number of nitrogens with zero attached hydrogens (tertiary/aromatic N) is 2. The summed E-state index contributed by atoms with van der Waals surface area (Å²) in [7, 11) is 0. The van der Waals surface area contributed by atoms with Crippen LogP contribution < -0.4 is 5.73 Å². The molecule has 0 bridgehead atoms. The van der Waals surface area contributed by atoms with Gasteiger partial charge in [-0.25, -0.2) is 0 Å². The number of amides is 1. The van der Waals surface area contributed by atoms with Gasteiger partial charge in [0.1, 0.15) is 0 Å². The molecule has 4 nitrogen and oxygen atoms in total. The number of nitrogens with two attached hydrogens (primary N) is 1. The Bertz CT molecular complexity index is 324. The van der Waals surface area contributed by atoms with Crippen molar-refractivity contribution in [2.24, 2.45) is 5.73 Å². The van der Waals surface area contributed by atoms with Gasteiger partial charge in [0.2, 0.25) is 5.91 Å². The second-order valence-electron chi connectivity index (χ2n) is 6.79. The third-order valence-electron chi connectivity index (χ3n) is 4.92. The van der Waals surface area contributed by atoms with Crippen molar-refractivity contribution >= 4 is 5.91 Å². The van der Waals surface area contributed by atoms with Gasteiger partial charge in [-0.1, -0.05) is 26.2 Å². The highest BCUT2D eigenvalue weighted by molar-refractivity contribution is 5.85. The first-order valence-corrected chi connectivity index (χ1v) is 8.37. The van der Waals surface area contributed by atoms with Crippen LogP contribution in [-0.4, -0.2) is 53.5 Å². The third kappa shape index (κ3) is 3.73. The van der Waals surface area contributed by atoms with E-state index in [0.717, 1.165) is 51.5 Å². The van der Waals surface area contributed by atoms with Gasteiger partial charge in [0.25, 0.3) is 0 Å². The van der Waals surface area contributed by atoms with Crippen LogP contribution in [-0.2, 0) is 4.79 Å². The van der Waals surface area contributed by atoms with E-state index in [2.05, 4.69) is 11.8 Å². The molecule has 1 saturated carbocycles. The fraction of sp³-hybridized carbons (Fsp3) is 0.938. The summed E-state index contributed by atoms with van der Waals surface area (Å²) in [4.78, 5) is 17.2. The maximum absolute atomic E-state index is 12.6. The lowest BCUT2D eigenvalue weighted by Crippen LogP contribution is -2.54. The second-order valence-corrected chi connectivity index (χ2v) is 6.79. The normalized spacial score (nSPS) is 25.4. The van der Waals surface area contributed by atoms with Crippen LogP contribution in [0.4, 0.5) is 0 Å². The predicted octanol–water partition coefficient (Wildman–Crippen LogP) is 1.98. The Hall–Kier alpha value is -0.610. The first-order valence-electron chi connectivity index (χ1n) is 8.37. The molecule has 2 rings (SSSR count). The van der Waals surface area contributed by atoms with E-state index < -0.39 is 5.54 Å². The number of carbonyl (C=O) groups excluding carboxylic acids is 1. The molecule has 0 radical (unpaired) electrons. The number of rotatable bonds is 4. The largest absolute Gasteiger partial charge is 0.340 e. The maximum Gasteiger partial charge on any atom is 0.242 e. The lowest BCUT2D eigenvalue weighted by molar-refractivity contribution is -0.136. The Morgan fingerprint density at radius 2 is 1.85 bits per heavy atom. The molecule has 2 aliphatic rings. The van der Waals surface area contributed by atoms with Crippen molar-refractivity contribution in [2.45, 2.75) is 70.4 Å². The van der Waals surface area contributed by atoms with Gasteiger partial charge < -0.3 is 10.6 Å². The van der Waals surface area contributed by atoms with Gasteiger partial charge in [0.15, 0.2) is 0 Å². The smallest absolute Gasteiger partial charge is 0.242 e. The summed E-state index contributed by atoms with van der Waals surface area (Å²) in [6.45, 7) is 7.87. The van der Waals surface area contributed by atoms with Crippen molar-refractivity contribution in [1.29, 1.82) is 0 Å². The van der Waals surface area contributed by atoms with Gasteiger partial charge in [-0.05, 0) is 32.6 Å². The van der Waals surface area contributed by atoms with Crippen LogP contribution in [0.15, 0.2) is 0 Å². The van der Waals surface area contributed by atoms with Gasteiger partial charge in [0.05, 0.1) is 5.54 Å². The van der Waals surface area contributed by atoms with Gasteiger partial charge in [-0.2, -0.15) is 0 Å². The minimum absolute atomic E-state index is 0.146. The van der Waals surface area contributed by atoms with Crippen molar-refractivity contribution in [2.75, 3.05) is 26.2 Å². The van der Waals surface area contributed by atoms with E-state index in [-0.39, 0.29) is 5.91 Å². The minimum atomic E-state index is -0.683. The summed E-state index contributed by atoms with van der Waals surface area (Å²) in [6, 6.07) is 0.768. The van der Waals surface area contributed by atoms with E-state index in [1.165, 1.54) is 25.7 Å². The lowest BCUT2D eigenvalue weighted by Gasteiger charge is -2.31. The molecule has 0 spiro atoms. The van der Waals surface area contributed by atoms with Crippen LogP contribution in [0.5, 0.6) is 0 Å². The van der Waals surface area contributed by atoms with Gasteiger partial charge in [-0.15, -0.1) is 0 Å². The van der Waals surface area contributed by atoms with E-state index in [9.17, 15) is 4.79 Å². The number of hydrogen-bond acceptors (Lipinski definition) is 3. The topological polar surface area (TPSA) is 49.6 Å². The SMILES string of the molecule is CCCC(C)(N)C(=O)N1CCCN(C2CCCC2)CC1. The summed E-state index contributed by atoms with van der Waals surface area (Å²) in [5.74, 6) is 0.146. The summed E-state index contributed by atoms with van der Waals surface area (Å²) in [5, 5.41) is 0. The second kappa shape index (κ2) is 6.90. The molecule has 1 aliphatic carbocycles. The quantitative estimate of drug-likeness (QED) is 0.857. The van der Waals surface area contributed by atoms with Crippen LogP contribution in [0.2, 0.25) is 0 Å². The third-order valence-corrected chi connectivity index (χ3v) is 4.92. The van der Waals surface area contributed by atoms with Crippen molar-refractivity contribution in [1.82, 2.24) is 9.80 Å². The zero-order chi connectivity index (χ0) is 14.6. The molecule has 1 heterocycles. The number of hydrogen-bond donors (Lipinski definition) is 1. The standard InChI is InChI=1S/C16H31N3O/c1-3-9-16(2,17)15(20)19-11-6-10-18(12-13-19)14-7-4-5-8-14/h14H,3-13,17H2,1-2H3. The monoisotopic (exact) mass is 281 g/mol. The molecule has 2 fully saturated rings. The molecule has 0 aromatic carbocycles. The van der Waals surface area contributed by atoms with E-state index in [0.29, 0.717) is 0 Å². The van der Waals surface area contributed by atoms with E-state index in [1.54, 1.807) is 0 Å². The van der Waals surface area contributed by atoms with Crippen molar-refractivity contribution < 1.29 is 4.79 Å². The molecule has 1 aliphatic heterocycles. The average molecular weight is 281 g/mol. The highest BCUT2D eigenvalue weighted by Crippen LogP contribution is 2.24. The maximum atomic E-state index is 12.6. The van der Waals surface area contributed by atoms with Gasteiger partial charge >= 0.3 is 0 Å². The zero-order valence-electron chi connectivity index (χ0n) is 13.2. The van der Waals surface area contributed by atoms with E-state index in [1.807, 2.05) is 11.8 Å². The fourth-order valence-corrected chi connectivity index (χ4v) is 3.76.